The molecule has 0 N–H and O–H groups in total. The fourth-order valence-corrected chi connectivity index (χ4v) is 1.79. The van der Waals surface area contributed by atoms with Gasteiger partial charge in [-0.3, -0.25) is 0 Å². The van der Waals surface area contributed by atoms with Crippen LogP contribution < -0.4 is 0 Å². The predicted molar refractivity (Wildman–Crippen MR) is 48.9 cm³/mol. The maximum absolute atomic E-state index is 4.06. The van der Waals surface area contributed by atoms with E-state index in [4.69, 9.17) is 0 Å². The Bertz CT molecular complexity index is 251. The Labute approximate surface area is 72.9 Å². The predicted octanol–water partition coefficient (Wildman–Crippen LogP) is 2.55. The summed E-state index contributed by atoms with van der Waals surface area (Å²) in [5, 5.41) is 0. The fourth-order valence-electron chi connectivity index (χ4n) is 1.79. The summed E-state index contributed by atoms with van der Waals surface area (Å²) in [7, 11) is 0. The topological polar surface area (TPSA) is 17.8 Å². The summed E-state index contributed by atoms with van der Waals surface area (Å²) >= 11 is 0. The van der Waals surface area contributed by atoms with Crippen LogP contribution in [0.2, 0.25) is 0 Å². The largest absolute Gasteiger partial charge is 0.334 e. The zero-order valence-corrected chi connectivity index (χ0v) is 7.24. The molecule has 0 spiro atoms. The van der Waals surface area contributed by atoms with Crippen molar-refractivity contribution in [2.75, 3.05) is 0 Å². The Morgan fingerprint density at radius 1 is 1.42 bits per heavy atom. The average Bonchev–Trinajstić information content (AvgIpc) is 2.58. The van der Waals surface area contributed by atoms with Crippen LogP contribution in [0.3, 0.4) is 0 Å². The van der Waals surface area contributed by atoms with Gasteiger partial charge < -0.3 is 4.57 Å². The molecule has 0 aliphatic heterocycles. The van der Waals surface area contributed by atoms with E-state index in [1.54, 1.807) is 0 Å². The Kier molecular flexibility index (Phi) is 1.98. The van der Waals surface area contributed by atoms with Gasteiger partial charge in [-0.2, -0.15) is 0 Å². The smallest absolute Gasteiger partial charge is 0.0948 e. The van der Waals surface area contributed by atoms with Crippen LogP contribution in [-0.4, -0.2) is 9.55 Å². The third-order valence-corrected chi connectivity index (χ3v) is 2.61. The van der Waals surface area contributed by atoms with E-state index in [1.165, 1.54) is 31.3 Å². The maximum Gasteiger partial charge on any atom is 0.0948 e. The number of rotatable bonds is 1. The molecule has 2 heteroatoms. The van der Waals surface area contributed by atoms with Gasteiger partial charge in [-0.1, -0.05) is 12.2 Å². The molecule has 1 aliphatic rings. The van der Waals surface area contributed by atoms with Crippen molar-refractivity contribution in [3.8, 4) is 0 Å². The minimum absolute atomic E-state index is 0.665. The third kappa shape index (κ3) is 1.42. The van der Waals surface area contributed by atoms with Gasteiger partial charge in [-0.15, -0.1) is 0 Å². The van der Waals surface area contributed by atoms with Gasteiger partial charge in [0.15, 0.2) is 0 Å². The monoisotopic (exact) mass is 162 g/mol. The molecule has 1 saturated carbocycles. The van der Waals surface area contributed by atoms with E-state index in [0.29, 0.717) is 6.04 Å². The number of aromatic nitrogens is 2. The second kappa shape index (κ2) is 3.13. The lowest BCUT2D eigenvalue weighted by atomic mass is 9.92. The van der Waals surface area contributed by atoms with E-state index in [9.17, 15) is 0 Å². The number of allylic oxidation sites excluding steroid dienone is 1. The SMILES string of the molecule is C=C1CCC(n2ccnc2)CC1. The minimum Gasteiger partial charge on any atom is -0.334 e. The molecule has 0 saturated heterocycles. The lowest BCUT2D eigenvalue weighted by Gasteiger charge is -2.24. The quantitative estimate of drug-likeness (QED) is 0.580. The molecule has 0 unspecified atom stereocenters. The summed E-state index contributed by atoms with van der Waals surface area (Å²) < 4.78 is 2.21. The van der Waals surface area contributed by atoms with Crippen LogP contribution >= 0.6 is 0 Å². The molecule has 1 heterocycles. The molecule has 2 nitrogen and oxygen atoms in total. The summed E-state index contributed by atoms with van der Waals surface area (Å²) in [5.41, 5.74) is 1.41. The molecule has 0 bridgehead atoms. The van der Waals surface area contributed by atoms with Crippen molar-refractivity contribution in [1.29, 1.82) is 0 Å². The molecule has 64 valence electrons. The van der Waals surface area contributed by atoms with Gasteiger partial charge in [0.05, 0.1) is 6.33 Å². The first-order valence-corrected chi connectivity index (χ1v) is 4.50. The summed E-state index contributed by atoms with van der Waals surface area (Å²) in [6.45, 7) is 4.01. The molecule has 2 rings (SSSR count). The number of imidazole rings is 1. The molecule has 12 heavy (non-hydrogen) atoms. The molecule has 1 aromatic heterocycles. The molecular weight excluding hydrogens is 148 g/mol. The number of nitrogens with zero attached hydrogens (tertiary/aromatic N) is 2. The van der Waals surface area contributed by atoms with E-state index in [1.807, 2.05) is 12.5 Å². The van der Waals surface area contributed by atoms with Gasteiger partial charge in [0, 0.05) is 18.4 Å². The van der Waals surface area contributed by atoms with Crippen molar-refractivity contribution in [3.05, 3.63) is 30.9 Å². The first-order chi connectivity index (χ1) is 5.86. The lowest BCUT2D eigenvalue weighted by molar-refractivity contribution is 0.399. The Morgan fingerprint density at radius 3 is 2.75 bits per heavy atom. The van der Waals surface area contributed by atoms with E-state index >= 15 is 0 Å². The normalized spacial score (nSPS) is 19.8. The average molecular weight is 162 g/mol. The van der Waals surface area contributed by atoms with Crippen LogP contribution in [0.25, 0.3) is 0 Å². The third-order valence-electron chi connectivity index (χ3n) is 2.61. The van der Waals surface area contributed by atoms with Crippen molar-refractivity contribution < 1.29 is 0 Å². The number of hydrogen-bond acceptors (Lipinski definition) is 1. The fraction of sp³-hybridized carbons (Fsp3) is 0.500. The van der Waals surface area contributed by atoms with Crippen LogP contribution in [0.4, 0.5) is 0 Å². The highest BCUT2D eigenvalue weighted by Crippen LogP contribution is 2.30. The van der Waals surface area contributed by atoms with Gasteiger partial charge in [0.1, 0.15) is 0 Å². The zero-order valence-electron chi connectivity index (χ0n) is 7.24. The van der Waals surface area contributed by atoms with Crippen molar-refractivity contribution >= 4 is 0 Å². The summed E-state index contributed by atoms with van der Waals surface area (Å²) in [6, 6.07) is 0.665. The van der Waals surface area contributed by atoms with Crippen LogP contribution in [0, 0.1) is 0 Å². The number of hydrogen-bond donors (Lipinski definition) is 0. The van der Waals surface area contributed by atoms with E-state index < -0.39 is 0 Å². The van der Waals surface area contributed by atoms with Crippen molar-refractivity contribution in [1.82, 2.24) is 9.55 Å². The second-order valence-corrected chi connectivity index (χ2v) is 3.49. The van der Waals surface area contributed by atoms with E-state index in [-0.39, 0.29) is 0 Å². The van der Waals surface area contributed by atoms with Crippen LogP contribution in [0.1, 0.15) is 31.7 Å². The highest BCUT2D eigenvalue weighted by atomic mass is 15.0. The molecule has 0 radical (unpaired) electrons. The molecule has 0 amide bonds. The van der Waals surface area contributed by atoms with Crippen LogP contribution in [-0.2, 0) is 0 Å². The highest BCUT2D eigenvalue weighted by Gasteiger charge is 2.15. The van der Waals surface area contributed by atoms with Crippen molar-refractivity contribution in [2.24, 2.45) is 0 Å². The molecule has 0 atom stereocenters. The van der Waals surface area contributed by atoms with Crippen LogP contribution in [0.15, 0.2) is 30.9 Å². The molecule has 1 aliphatic carbocycles. The Hall–Kier alpha value is -1.05. The standard InChI is InChI=1S/C10H14N2/c1-9-2-4-10(5-3-9)12-7-6-11-8-12/h6-8,10H,1-5H2. The Balaban J connectivity index is 2.03. The van der Waals surface area contributed by atoms with Crippen molar-refractivity contribution in [3.63, 3.8) is 0 Å². The van der Waals surface area contributed by atoms with Gasteiger partial charge in [0.2, 0.25) is 0 Å². The first kappa shape index (κ1) is 7.59. The summed E-state index contributed by atoms with van der Waals surface area (Å²) in [4.78, 5) is 4.06. The highest BCUT2D eigenvalue weighted by molar-refractivity contribution is 5.00. The van der Waals surface area contributed by atoms with Gasteiger partial charge in [-0.05, 0) is 25.7 Å². The summed E-state index contributed by atoms with van der Waals surface area (Å²) in [5.74, 6) is 0. The first-order valence-electron chi connectivity index (χ1n) is 4.50. The van der Waals surface area contributed by atoms with Gasteiger partial charge in [-0.25, -0.2) is 4.98 Å². The molecule has 1 aromatic rings. The zero-order chi connectivity index (χ0) is 8.39. The molecule has 1 fully saturated rings. The molecule has 0 aromatic carbocycles. The maximum atomic E-state index is 4.06. The van der Waals surface area contributed by atoms with Crippen LogP contribution in [0.5, 0.6) is 0 Å². The second-order valence-electron chi connectivity index (χ2n) is 3.49. The lowest BCUT2D eigenvalue weighted by Crippen LogP contribution is -2.11. The van der Waals surface area contributed by atoms with Crippen molar-refractivity contribution in [2.45, 2.75) is 31.7 Å². The Morgan fingerprint density at radius 2 is 2.17 bits per heavy atom. The van der Waals surface area contributed by atoms with Gasteiger partial charge in [0.25, 0.3) is 0 Å². The van der Waals surface area contributed by atoms with Gasteiger partial charge >= 0.3 is 0 Å². The van der Waals surface area contributed by atoms with E-state index in [2.05, 4.69) is 22.3 Å². The minimum atomic E-state index is 0.665. The van der Waals surface area contributed by atoms with E-state index in [0.717, 1.165) is 0 Å². The molecular formula is C10H14N2. The summed E-state index contributed by atoms with van der Waals surface area (Å²) in [6.07, 6.45) is 10.6.